The van der Waals surface area contributed by atoms with Gasteiger partial charge in [-0.15, -0.1) is 0 Å². The summed E-state index contributed by atoms with van der Waals surface area (Å²) in [4.78, 5) is 0. The molecule has 8 saturated carbocycles. The molecule has 0 nitrogen and oxygen atoms in total. The van der Waals surface area contributed by atoms with Gasteiger partial charge >= 0.3 is 0 Å². The topological polar surface area (TPSA) is 0 Å². The Hall–Kier alpha value is 0. The van der Waals surface area contributed by atoms with Crippen molar-refractivity contribution in [2.24, 2.45) is 57.2 Å². The minimum absolute atomic E-state index is 0.721. The Bertz CT molecular complexity index is 460. The fourth-order valence-electron chi connectivity index (χ4n) is 9.53. The summed E-state index contributed by atoms with van der Waals surface area (Å²) in [5.74, 6) is 6.79. The van der Waals surface area contributed by atoms with Crippen LogP contribution in [0.15, 0.2) is 0 Å². The van der Waals surface area contributed by atoms with E-state index in [9.17, 15) is 0 Å². The van der Waals surface area contributed by atoms with Gasteiger partial charge in [-0.1, -0.05) is 27.7 Å². The Morgan fingerprint density at radius 3 is 1.10 bits per heavy atom. The van der Waals surface area contributed by atoms with Gasteiger partial charge in [0.05, 0.1) is 0 Å². The van der Waals surface area contributed by atoms with E-state index in [1.165, 1.54) is 0 Å². The number of hydrogen-bond donors (Lipinski definition) is 0. The van der Waals surface area contributed by atoms with Crippen LogP contribution in [0.1, 0.15) is 66.2 Å². The van der Waals surface area contributed by atoms with E-state index < -0.39 is 0 Å². The molecule has 8 atom stereocenters. The molecule has 110 valence electrons. The van der Waals surface area contributed by atoms with E-state index >= 15 is 0 Å². The van der Waals surface area contributed by atoms with Crippen LogP contribution >= 0.6 is 0 Å². The average Bonchev–Trinajstić information content (AvgIpc) is 2.95. The van der Waals surface area contributed by atoms with Gasteiger partial charge in [0.25, 0.3) is 0 Å². The third-order valence-electron chi connectivity index (χ3n) is 11.4. The molecule has 0 aliphatic heterocycles. The molecule has 0 spiro atoms. The van der Waals surface area contributed by atoms with Gasteiger partial charge in [0.2, 0.25) is 0 Å². The smallest absolute Gasteiger partial charge is 0.0207 e. The van der Waals surface area contributed by atoms with Crippen LogP contribution in [0.5, 0.6) is 0 Å². The molecule has 0 aromatic rings. The van der Waals surface area contributed by atoms with Crippen LogP contribution in [0.25, 0.3) is 0 Å². The van der Waals surface area contributed by atoms with E-state index in [0.717, 1.165) is 57.2 Å². The average molecular weight is 270 g/mol. The van der Waals surface area contributed by atoms with Crippen molar-refractivity contribution >= 4 is 0 Å². The molecule has 0 N–H and O–H groups in total. The maximum absolute atomic E-state index is 2.69. The Labute approximate surface area is 124 Å². The summed E-state index contributed by atoms with van der Waals surface area (Å²) >= 11 is 0. The first-order valence-electron chi connectivity index (χ1n) is 9.37. The van der Waals surface area contributed by atoms with Crippen LogP contribution in [0.2, 0.25) is 0 Å². The summed E-state index contributed by atoms with van der Waals surface area (Å²) in [7, 11) is 0. The summed E-state index contributed by atoms with van der Waals surface area (Å²) < 4.78 is 0. The van der Waals surface area contributed by atoms with Crippen LogP contribution in [0.3, 0.4) is 0 Å². The Morgan fingerprint density at radius 1 is 0.600 bits per heavy atom. The Kier molecular flexibility index (Phi) is 1.54. The highest BCUT2D eigenvalue weighted by Gasteiger charge is 2.83. The van der Waals surface area contributed by atoms with Gasteiger partial charge in [0.15, 0.2) is 0 Å². The van der Waals surface area contributed by atoms with Gasteiger partial charge in [-0.25, -0.2) is 0 Å². The van der Waals surface area contributed by atoms with E-state index in [2.05, 4.69) is 27.7 Å². The second kappa shape index (κ2) is 2.67. The first-order valence-corrected chi connectivity index (χ1v) is 9.37. The Morgan fingerprint density at radius 2 is 0.900 bits per heavy atom. The van der Waals surface area contributed by atoms with Crippen molar-refractivity contribution in [1.82, 2.24) is 0 Å². The van der Waals surface area contributed by atoms with E-state index in [-0.39, 0.29) is 0 Å². The lowest BCUT2D eigenvalue weighted by Gasteiger charge is -2.41. The highest BCUT2D eigenvalue weighted by molar-refractivity contribution is 5.31. The summed E-state index contributed by atoms with van der Waals surface area (Å²) in [5, 5.41) is 0. The lowest BCUT2D eigenvalue weighted by Crippen LogP contribution is -2.33. The molecular weight excluding hydrogens is 240 g/mol. The molecule has 8 aliphatic rings. The minimum Gasteiger partial charge on any atom is -0.0588 e. The van der Waals surface area contributed by atoms with Crippen LogP contribution in [-0.2, 0) is 0 Å². The third kappa shape index (κ3) is 0.793. The standard InChI is InChI=1S/C20H30/c1-17(11-7-13-14(8-11)19(13,17)3)5-6-18(2)12-9-15-16(10-12)20(15,18)4/h11-16H,5-10H2,1-4H3/t11?,12?,13-,14-,15-,16+,17-,18-,19?,20?/m1/s1. The first kappa shape index (κ1) is 11.6. The molecule has 0 saturated heterocycles. The van der Waals surface area contributed by atoms with Gasteiger partial charge in [0.1, 0.15) is 0 Å². The fraction of sp³-hybridized carbons (Fsp3) is 1.00. The molecule has 0 aromatic heterocycles. The normalized spacial score (nSPS) is 77.4. The van der Waals surface area contributed by atoms with Crippen LogP contribution < -0.4 is 0 Å². The van der Waals surface area contributed by atoms with Gasteiger partial charge in [-0.2, -0.15) is 0 Å². The van der Waals surface area contributed by atoms with E-state index in [1.807, 2.05) is 0 Å². The second-order valence-corrected chi connectivity index (χ2v) is 10.7. The molecule has 0 radical (unpaired) electrons. The highest BCUT2D eigenvalue weighted by Crippen LogP contribution is 2.90. The highest BCUT2D eigenvalue weighted by atomic mass is 14.9. The molecule has 0 amide bonds. The summed E-state index contributed by atoms with van der Waals surface area (Å²) in [6.07, 6.45) is 9.51. The summed E-state index contributed by atoms with van der Waals surface area (Å²) in [5.41, 5.74) is 3.00. The van der Waals surface area contributed by atoms with Crippen molar-refractivity contribution in [3.05, 3.63) is 0 Å². The van der Waals surface area contributed by atoms with Gasteiger partial charge in [-0.3, -0.25) is 0 Å². The lowest BCUT2D eigenvalue weighted by molar-refractivity contribution is 0.0799. The largest absolute Gasteiger partial charge is 0.0588 e. The van der Waals surface area contributed by atoms with Crippen LogP contribution in [-0.4, -0.2) is 0 Å². The second-order valence-electron chi connectivity index (χ2n) is 10.7. The van der Waals surface area contributed by atoms with Crippen molar-refractivity contribution in [1.29, 1.82) is 0 Å². The molecular formula is C20H30. The fourth-order valence-corrected chi connectivity index (χ4v) is 9.53. The molecule has 8 rings (SSSR count). The lowest BCUT2D eigenvalue weighted by atomic mass is 9.64. The van der Waals surface area contributed by atoms with E-state index in [4.69, 9.17) is 0 Å². The SMILES string of the molecule is CC12[C@@H]3CC(C[C@H]31)[C@@]2(C)CC[C@]1(C)C2C[C@@H]3[C@H](C2)C31C. The molecule has 8 aliphatic carbocycles. The number of rotatable bonds is 3. The zero-order valence-electron chi connectivity index (χ0n) is 13.7. The third-order valence-corrected chi connectivity index (χ3v) is 11.4. The summed E-state index contributed by atoms with van der Waals surface area (Å²) in [6, 6.07) is 0. The molecule has 2 unspecified atom stereocenters. The summed E-state index contributed by atoms with van der Waals surface area (Å²) in [6.45, 7) is 10.7. The Balaban J connectivity index is 1.30. The van der Waals surface area contributed by atoms with Gasteiger partial charge in [0, 0.05) is 0 Å². The quantitative estimate of drug-likeness (QED) is 0.667. The van der Waals surface area contributed by atoms with Crippen LogP contribution in [0.4, 0.5) is 0 Å². The predicted octanol–water partition coefficient (Wildman–Crippen LogP) is 5.13. The molecule has 8 fully saturated rings. The van der Waals surface area contributed by atoms with Crippen molar-refractivity contribution in [3.63, 3.8) is 0 Å². The molecule has 0 aromatic carbocycles. The van der Waals surface area contributed by atoms with Crippen molar-refractivity contribution in [2.75, 3.05) is 0 Å². The number of hydrogen-bond acceptors (Lipinski definition) is 0. The minimum atomic E-state index is 0.721. The molecule has 0 heterocycles. The zero-order chi connectivity index (χ0) is 13.7. The van der Waals surface area contributed by atoms with Crippen molar-refractivity contribution < 1.29 is 0 Å². The van der Waals surface area contributed by atoms with E-state index in [0.29, 0.717) is 0 Å². The monoisotopic (exact) mass is 270 g/mol. The van der Waals surface area contributed by atoms with E-state index in [1.54, 1.807) is 38.5 Å². The molecule has 8 bridgehead atoms. The maximum Gasteiger partial charge on any atom is -0.0207 e. The predicted molar refractivity (Wildman–Crippen MR) is 81.1 cm³/mol. The van der Waals surface area contributed by atoms with Gasteiger partial charge < -0.3 is 0 Å². The molecule has 20 heavy (non-hydrogen) atoms. The van der Waals surface area contributed by atoms with Crippen molar-refractivity contribution in [3.8, 4) is 0 Å². The maximum atomic E-state index is 2.69. The van der Waals surface area contributed by atoms with Gasteiger partial charge in [-0.05, 0) is 95.7 Å². The first-order chi connectivity index (χ1) is 9.37. The van der Waals surface area contributed by atoms with Crippen LogP contribution in [0, 0.1) is 57.2 Å². The van der Waals surface area contributed by atoms with Crippen molar-refractivity contribution in [2.45, 2.75) is 66.2 Å². The molecule has 0 heteroatoms. The zero-order valence-corrected chi connectivity index (χ0v) is 13.7.